The molecule has 0 spiro atoms. The van der Waals surface area contributed by atoms with Gasteiger partial charge in [0.05, 0.1) is 0 Å². The van der Waals surface area contributed by atoms with Gasteiger partial charge in [0.1, 0.15) is 11.7 Å². The first-order valence-corrected chi connectivity index (χ1v) is 7.53. The van der Waals surface area contributed by atoms with Gasteiger partial charge < -0.3 is 15.5 Å². The summed E-state index contributed by atoms with van der Waals surface area (Å²) < 4.78 is 0. The number of amides is 3. The van der Waals surface area contributed by atoms with Crippen molar-refractivity contribution >= 4 is 17.7 Å². The molecular weight excluding hydrogens is 296 g/mol. The molecule has 23 heavy (non-hydrogen) atoms. The van der Waals surface area contributed by atoms with E-state index in [4.69, 9.17) is 0 Å². The van der Waals surface area contributed by atoms with Crippen molar-refractivity contribution in [1.82, 2.24) is 20.5 Å². The minimum Gasteiger partial charge on any atom is -0.353 e. The fraction of sp³-hybridized carbons (Fsp3) is 0.375. The average molecular weight is 316 g/mol. The third-order valence-corrected chi connectivity index (χ3v) is 3.61. The van der Waals surface area contributed by atoms with Crippen LogP contribution in [-0.4, -0.2) is 53.3 Å². The fourth-order valence-corrected chi connectivity index (χ4v) is 2.48. The lowest BCUT2D eigenvalue weighted by molar-refractivity contribution is -0.125. The summed E-state index contributed by atoms with van der Waals surface area (Å²) in [7, 11) is 0. The number of hydrogen-bond acceptors (Lipinski definition) is 4. The molecule has 3 amide bonds. The van der Waals surface area contributed by atoms with E-state index in [1.165, 1.54) is 6.08 Å². The van der Waals surface area contributed by atoms with E-state index in [1.54, 1.807) is 29.3 Å². The fourth-order valence-electron chi connectivity index (χ4n) is 2.48. The Morgan fingerprint density at radius 2 is 2.09 bits per heavy atom. The third-order valence-electron chi connectivity index (χ3n) is 3.61. The molecule has 2 rings (SSSR count). The first-order valence-electron chi connectivity index (χ1n) is 7.53. The maximum absolute atomic E-state index is 12.4. The first kappa shape index (κ1) is 16.7. The van der Waals surface area contributed by atoms with Crippen LogP contribution in [0.25, 0.3) is 0 Å². The highest BCUT2D eigenvalue weighted by atomic mass is 16.2. The van der Waals surface area contributed by atoms with Gasteiger partial charge in [0.15, 0.2) is 0 Å². The lowest BCUT2D eigenvalue weighted by Gasteiger charge is -2.23. The molecule has 1 saturated heterocycles. The van der Waals surface area contributed by atoms with Crippen molar-refractivity contribution in [3.63, 3.8) is 0 Å². The van der Waals surface area contributed by atoms with Gasteiger partial charge in [-0.1, -0.05) is 12.6 Å². The molecule has 0 bridgehead atoms. The van der Waals surface area contributed by atoms with Gasteiger partial charge in [-0.25, -0.2) is 0 Å². The number of carbonyl (C=O) groups is 3. The lowest BCUT2D eigenvalue weighted by atomic mass is 10.2. The topological polar surface area (TPSA) is 91.4 Å². The molecule has 0 unspecified atom stereocenters. The average Bonchev–Trinajstić information content (AvgIpc) is 3.08. The van der Waals surface area contributed by atoms with Crippen molar-refractivity contribution in [1.29, 1.82) is 0 Å². The molecular formula is C16H20N4O3. The van der Waals surface area contributed by atoms with Crippen molar-refractivity contribution < 1.29 is 14.4 Å². The molecule has 0 aliphatic carbocycles. The summed E-state index contributed by atoms with van der Waals surface area (Å²) in [6, 6.07) is 4.64. The zero-order valence-corrected chi connectivity index (χ0v) is 12.8. The number of carbonyl (C=O) groups excluding carboxylic acids is 3. The molecule has 1 aromatic rings. The van der Waals surface area contributed by atoms with Crippen molar-refractivity contribution in [3.05, 3.63) is 42.7 Å². The van der Waals surface area contributed by atoms with Crippen LogP contribution in [0.5, 0.6) is 0 Å². The first-order chi connectivity index (χ1) is 11.1. The highest BCUT2D eigenvalue weighted by Crippen LogP contribution is 2.19. The summed E-state index contributed by atoms with van der Waals surface area (Å²) in [5.41, 5.74) is 0.338. The Balaban J connectivity index is 1.88. The van der Waals surface area contributed by atoms with Crippen LogP contribution >= 0.6 is 0 Å². The second-order valence-electron chi connectivity index (χ2n) is 5.16. The summed E-state index contributed by atoms with van der Waals surface area (Å²) in [6.07, 6.45) is 4.14. The molecule has 1 aliphatic heterocycles. The van der Waals surface area contributed by atoms with E-state index in [9.17, 15) is 14.4 Å². The van der Waals surface area contributed by atoms with Gasteiger partial charge in [-0.05, 0) is 31.1 Å². The highest BCUT2D eigenvalue weighted by molar-refractivity contribution is 5.96. The molecule has 7 nitrogen and oxygen atoms in total. The quantitative estimate of drug-likeness (QED) is 0.575. The molecule has 2 N–H and O–H groups in total. The molecule has 0 saturated carbocycles. The molecule has 7 heteroatoms. The Labute approximate surface area is 134 Å². The van der Waals surface area contributed by atoms with Crippen molar-refractivity contribution in [2.75, 3.05) is 19.6 Å². The predicted molar refractivity (Wildman–Crippen MR) is 84.5 cm³/mol. The monoisotopic (exact) mass is 316 g/mol. The van der Waals surface area contributed by atoms with Gasteiger partial charge >= 0.3 is 0 Å². The van der Waals surface area contributed by atoms with Crippen LogP contribution in [0.15, 0.2) is 37.1 Å². The minimum atomic E-state index is -0.486. The molecule has 1 atom stereocenters. The predicted octanol–water partition coefficient (Wildman–Crippen LogP) is 0.105. The third kappa shape index (κ3) is 4.38. The number of rotatable bonds is 6. The van der Waals surface area contributed by atoms with Gasteiger partial charge in [-0.15, -0.1) is 0 Å². The summed E-state index contributed by atoms with van der Waals surface area (Å²) in [5.74, 6) is -0.727. The summed E-state index contributed by atoms with van der Waals surface area (Å²) in [4.78, 5) is 41.3. The van der Waals surface area contributed by atoms with Gasteiger partial charge in [-0.2, -0.15) is 0 Å². The van der Waals surface area contributed by atoms with E-state index < -0.39 is 6.04 Å². The maximum atomic E-state index is 12.4. The number of aromatic nitrogens is 1. The lowest BCUT2D eigenvalue weighted by Crippen LogP contribution is -2.47. The second-order valence-corrected chi connectivity index (χ2v) is 5.16. The summed E-state index contributed by atoms with van der Waals surface area (Å²) in [6.45, 7) is 4.51. The van der Waals surface area contributed by atoms with Crippen molar-refractivity contribution in [3.8, 4) is 0 Å². The van der Waals surface area contributed by atoms with Gasteiger partial charge in [0.2, 0.25) is 11.8 Å². The van der Waals surface area contributed by atoms with Crippen LogP contribution in [0.4, 0.5) is 0 Å². The number of likely N-dealkylation sites (tertiary alicyclic amines) is 1. The smallest absolute Gasteiger partial charge is 0.273 e. The molecule has 2 heterocycles. The number of nitrogens with one attached hydrogen (secondary N) is 2. The van der Waals surface area contributed by atoms with Gasteiger partial charge in [0, 0.05) is 25.8 Å². The van der Waals surface area contributed by atoms with Gasteiger partial charge in [-0.3, -0.25) is 19.4 Å². The Kier molecular flexibility index (Phi) is 5.85. The van der Waals surface area contributed by atoms with Crippen LogP contribution in [0.1, 0.15) is 23.3 Å². The van der Waals surface area contributed by atoms with E-state index in [-0.39, 0.29) is 17.7 Å². The SMILES string of the molecule is C=CC(=O)NCCNC(=O)[C@@H]1CCCN1C(=O)c1ccccn1. The summed E-state index contributed by atoms with van der Waals surface area (Å²) in [5, 5.41) is 5.31. The Morgan fingerprint density at radius 3 is 2.78 bits per heavy atom. The minimum absolute atomic E-state index is 0.209. The van der Waals surface area contributed by atoms with Crippen LogP contribution in [0, 0.1) is 0 Å². The van der Waals surface area contributed by atoms with E-state index in [1.807, 2.05) is 0 Å². The molecule has 1 fully saturated rings. The van der Waals surface area contributed by atoms with Crippen LogP contribution in [0.3, 0.4) is 0 Å². The Hall–Kier alpha value is -2.70. The molecule has 122 valence electrons. The second kappa shape index (κ2) is 8.07. The molecule has 0 radical (unpaired) electrons. The van der Waals surface area contributed by atoms with Crippen LogP contribution in [-0.2, 0) is 9.59 Å². The number of hydrogen-bond donors (Lipinski definition) is 2. The van der Waals surface area contributed by atoms with E-state index in [2.05, 4.69) is 22.2 Å². The zero-order chi connectivity index (χ0) is 16.7. The van der Waals surface area contributed by atoms with E-state index in [0.29, 0.717) is 31.7 Å². The highest BCUT2D eigenvalue weighted by Gasteiger charge is 2.34. The largest absolute Gasteiger partial charge is 0.353 e. The van der Waals surface area contributed by atoms with Gasteiger partial charge in [0.25, 0.3) is 5.91 Å². The molecule has 0 aromatic carbocycles. The van der Waals surface area contributed by atoms with Crippen LogP contribution < -0.4 is 10.6 Å². The van der Waals surface area contributed by atoms with E-state index in [0.717, 1.165) is 6.42 Å². The normalized spacial score (nSPS) is 16.7. The number of nitrogens with zero attached hydrogens (tertiary/aromatic N) is 2. The Bertz CT molecular complexity index is 588. The van der Waals surface area contributed by atoms with Crippen molar-refractivity contribution in [2.45, 2.75) is 18.9 Å². The zero-order valence-electron chi connectivity index (χ0n) is 12.8. The van der Waals surface area contributed by atoms with Crippen LogP contribution in [0.2, 0.25) is 0 Å². The maximum Gasteiger partial charge on any atom is 0.273 e. The summed E-state index contributed by atoms with van der Waals surface area (Å²) >= 11 is 0. The number of pyridine rings is 1. The molecule has 1 aliphatic rings. The molecule has 1 aromatic heterocycles. The standard InChI is InChI=1S/C16H20N4O3/c1-2-14(21)18-9-10-19-15(22)13-7-5-11-20(13)16(23)12-6-3-4-8-17-12/h2-4,6,8,13H,1,5,7,9-11H2,(H,18,21)(H,19,22)/t13-/m0/s1. The Morgan fingerprint density at radius 1 is 1.30 bits per heavy atom. The van der Waals surface area contributed by atoms with Crippen molar-refractivity contribution in [2.24, 2.45) is 0 Å². The van der Waals surface area contributed by atoms with E-state index >= 15 is 0 Å².